The highest BCUT2D eigenvalue weighted by atomic mass is 19.3. The van der Waals surface area contributed by atoms with Gasteiger partial charge in [0, 0.05) is 0 Å². The molecule has 0 spiro atoms. The smallest absolute Gasteiger partial charge is 0.317 e. The summed E-state index contributed by atoms with van der Waals surface area (Å²) >= 11 is 0. The molecule has 1 aliphatic heterocycles. The molecule has 1 fully saturated rings. The maximum atomic E-state index is 13.0. The molecule has 1 saturated heterocycles. The Morgan fingerprint density at radius 1 is 1.25 bits per heavy atom. The van der Waals surface area contributed by atoms with E-state index in [0.29, 0.717) is 5.06 Å². The molecule has 1 aliphatic rings. The van der Waals surface area contributed by atoms with Gasteiger partial charge in [0.15, 0.2) is 0 Å². The number of carbonyl (C=O) groups excluding carboxylic acids is 1. The lowest BCUT2D eigenvalue weighted by atomic mass is 10.3. The van der Waals surface area contributed by atoms with Crippen LogP contribution in [0.4, 0.5) is 23.7 Å². The minimum Gasteiger partial charge on any atom is -0.317 e. The van der Waals surface area contributed by atoms with Crippen LogP contribution >= 0.6 is 0 Å². The van der Waals surface area contributed by atoms with Crippen molar-refractivity contribution in [3.63, 3.8) is 0 Å². The summed E-state index contributed by atoms with van der Waals surface area (Å²) in [6.45, 7) is 0. The molecule has 1 atom stereocenters. The van der Waals surface area contributed by atoms with E-state index in [9.17, 15) is 18.1 Å². The third-order valence-electron chi connectivity index (χ3n) is 2.06. The van der Waals surface area contributed by atoms with Crippen LogP contribution in [0.1, 0.15) is 0 Å². The SMILES string of the molecule is O=C1ON(c2ccccc2)C(C(F)F)N1F. The van der Waals surface area contributed by atoms with Gasteiger partial charge in [-0.15, -0.1) is 5.12 Å². The lowest BCUT2D eigenvalue weighted by molar-refractivity contribution is -0.0284. The summed E-state index contributed by atoms with van der Waals surface area (Å²) in [7, 11) is 0. The Morgan fingerprint density at radius 3 is 2.44 bits per heavy atom. The molecule has 7 heteroatoms. The molecule has 0 radical (unpaired) electrons. The number of hydroxylamine groups is 1. The van der Waals surface area contributed by atoms with Crippen molar-refractivity contribution in [1.29, 1.82) is 0 Å². The third kappa shape index (κ3) is 1.64. The molecule has 0 aliphatic carbocycles. The fraction of sp³-hybridized carbons (Fsp3) is 0.222. The van der Waals surface area contributed by atoms with E-state index in [4.69, 9.17) is 0 Å². The predicted molar refractivity (Wildman–Crippen MR) is 48.1 cm³/mol. The second-order valence-corrected chi connectivity index (χ2v) is 3.08. The molecule has 1 aromatic rings. The van der Waals surface area contributed by atoms with Crippen LogP contribution < -0.4 is 5.06 Å². The Kier molecular flexibility index (Phi) is 2.59. The van der Waals surface area contributed by atoms with Crippen molar-refractivity contribution < 1.29 is 22.9 Å². The van der Waals surface area contributed by atoms with Gasteiger partial charge in [-0.05, 0) is 12.1 Å². The lowest BCUT2D eigenvalue weighted by Crippen LogP contribution is -2.41. The molecule has 0 N–H and O–H groups in total. The van der Waals surface area contributed by atoms with Crippen molar-refractivity contribution in [3.8, 4) is 0 Å². The summed E-state index contributed by atoms with van der Waals surface area (Å²) < 4.78 is 38.1. The number of benzene rings is 1. The number of amides is 1. The molecule has 2 rings (SSSR count). The molecule has 86 valence electrons. The van der Waals surface area contributed by atoms with Gasteiger partial charge in [0.25, 0.3) is 6.43 Å². The van der Waals surface area contributed by atoms with Gasteiger partial charge >= 0.3 is 6.09 Å². The van der Waals surface area contributed by atoms with Crippen molar-refractivity contribution in [2.45, 2.75) is 12.6 Å². The van der Waals surface area contributed by atoms with E-state index >= 15 is 0 Å². The van der Waals surface area contributed by atoms with Crippen LogP contribution in [0.5, 0.6) is 0 Å². The second kappa shape index (κ2) is 3.92. The first kappa shape index (κ1) is 10.6. The predicted octanol–water partition coefficient (Wildman–Crippen LogP) is 2.34. The number of halogens is 3. The minimum atomic E-state index is -3.07. The minimum absolute atomic E-state index is 0.182. The summed E-state index contributed by atoms with van der Waals surface area (Å²) in [5.41, 5.74) is 0.182. The van der Waals surface area contributed by atoms with Gasteiger partial charge in [-0.2, -0.15) is 5.06 Å². The molecule has 0 aromatic heterocycles. The molecule has 1 amide bonds. The number of hydrogen-bond donors (Lipinski definition) is 0. The first-order valence-corrected chi connectivity index (χ1v) is 4.40. The molecular weight excluding hydrogens is 225 g/mol. The first-order valence-electron chi connectivity index (χ1n) is 4.40. The van der Waals surface area contributed by atoms with E-state index < -0.39 is 23.8 Å². The number of alkyl halides is 2. The molecule has 1 unspecified atom stereocenters. The first-order chi connectivity index (χ1) is 7.61. The van der Waals surface area contributed by atoms with E-state index in [1.54, 1.807) is 18.2 Å². The standard InChI is InChI=1S/C9H7F3N2O2/c10-7(11)8-13(12)9(15)16-14(8)6-4-2-1-3-5-6/h1-5,7-8H. The van der Waals surface area contributed by atoms with Crippen molar-refractivity contribution in [2.24, 2.45) is 0 Å². The van der Waals surface area contributed by atoms with Gasteiger partial charge in [-0.1, -0.05) is 22.7 Å². The Balaban J connectivity index is 2.31. The van der Waals surface area contributed by atoms with E-state index in [0.717, 1.165) is 0 Å². The zero-order chi connectivity index (χ0) is 11.7. The van der Waals surface area contributed by atoms with Crippen molar-refractivity contribution in [1.82, 2.24) is 5.12 Å². The fourth-order valence-electron chi connectivity index (χ4n) is 1.36. The average Bonchev–Trinajstić information content (AvgIpc) is 2.57. The van der Waals surface area contributed by atoms with Crippen LogP contribution in [0.3, 0.4) is 0 Å². The average molecular weight is 232 g/mol. The monoisotopic (exact) mass is 232 g/mol. The Hall–Kier alpha value is -1.92. The van der Waals surface area contributed by atoms with Gasteiger partial charge < -0.3 is 4.84 Å². The summed E-state index contributed by atoms with van der Waals surface area (Å²) in [6, 6.07) is 7.65. The molecule has 4 nitrogen and oxygen atoms in total. The maximum Gasteiger partial charge on any atom is 0.465 e. The maximum absolute atomic E-state index is 13.0. The molecular formula is C9H7F3N2O2. The molecule has 1 heterocycles. The number of carbonyl (C=O) groups is 1. The van der Waals surface area contributed by atoms with Gasteiger partial charge in [0.2, 0.25) is 6.17 Å². The highest BCUT2D eigenvalue weighted by Gasteiger charge is 2.47. The van der Waals surface area contributed by atoms with Crippen LogP contribution in [0.15, 0.2) is 30.3 Å². The number of nitrogens with zero attached hydrogens (tertiary/aromatic N) is 2. The number of rotatable bonds is 2. The highest BCUT2D eigenvalue weighted by Crippen LogP contribution is 2.29. The quantitative estimate of drug-likeness (QED) is 0.733. The Morgan fingerprint density at radius 2 is 1.88 bits per heavy atom. The summed E-state index contributed by atoms with van der Waals surface area (Å²) in [5.74, 6) is 0. The Labute approximate surface area is 88.7 Å². The van der Waals surface area contributed by atoms with E-state index in [2.05, 4.69) is 4.84 Å². The number of anilines is 1. The highest BCUT2D eigenvalue weighted by molar-refractivity contribution is 5.72. The molecule has 16 heavy (non-hydrogen) atoms. The zero-order valence-corrected chi connectivity index (χ0v) is 7.89. The summed E-state index contributed by atoms with van der Waals surface area (Å²) in [6.07, 6.45) is -6.57. The van der Waals surface area contributed by atoms with Gasteiger partial charge in [-0.3, -0.25) is 0 Å². The second-order valence-electron chi connectivity index (χ2n) is 3.08. The van der Waals surface area contributed by atoms with Crippen LogP contribution in [0.25, 0.3) is 0 Å². The molecule has 0 bridgehead atoms. The largest absolute Gasteiger partial charge is 0.465 e. The van der Waals surface area contributed by atoms with Gasteiger partial charge in [-0.25, -0.2) is 13.6 Å². The van der Waals surface area contributed by atoms with Gasteiger partial charge in [0.1, 0.15) is 0 Å². The topological polar surface area (TPSA) is 32.8 Å². The Bertz CT molecular complexity index is 388. The fourth-order valence-corrected chi connectivity index (χ4v) is 1.36. The van der Waals surface area contributed by atoms with E-state index in [-0.39, 0.29) is 5.69 Å². The number of hydrogen-bond acceptors (Lipinski definition) is 3. The molecule has 0 saturated carbocycles. The number of para-hydroxylation sites is 1. The van der Waals surface area contributed by atoms with Crippen LogP contribution in [-0.2, 0) is 4.84 Å². The lowest BCUT2D eigenvalue weighted by Gasteiger charge is -2.21. The summed E-state index contributed by atoms with van der Waals surface area (Å²) in [5, 5.41) is -0.0787. The van der Waals surface area contributed by atoms with Crippen LogP contribution in [0.2, 0.25) is 0 Å². The van der Waals surface area contributed by atoms with Gasteiger partial charge in [0.05, 0.1) is 5.69 Å². The third-order valence-corrected chi connectivity index (χ3v) is 2.06. The van der Waals surface area contributed by atoms with Crippen LogP contribution in [0, 0.1) is 0 Å². The zero-order valence-electron chi connectivity index (χ0n) is 7.89. The van der Waals surface area contributed by atoms with E-state index in [1.807, 2.05) is 0 Å². The van der Waals surface area contributed by atoms with E-state index in [1.165, 1.54) is 12.1 Å². The normalized spacial score (nSPS) is 20.5. The molecule has 1 aromatic carbocycles. The van der Waals surface area contributed by atoms with Crippen LogP contribution in [-0.4, -0.2) is 23.8 Å². The summed E-state index contributed by atoms with van der Waals surface area (Å²) in [4.78, 5) is 15.2. The van der Waals surface area contributed by atoms with Crippen molar-refractivity contribution in [3.05, 3.63) is 30.3 Å². The van der Waals surface area contributed by atoms with Crippen molar-refractivity contribution >= 4 is 11.8 Å². The van der Waals surface area contributed by atoms with Crippen molar-refractivity contribution in [2.75, 3.05) is 5.06 Å².